The number of hydrogen-bond donors (Lipinski definition) is 2. The van der Waals surface area contributed by atoms with E-state index in [1.807, 2.05) is 7.05 Å². The van der Waals surface area contributed by atoms with Gasteiger partial charge in [0.2, 0.25) is 0 Å². The number of thiophene rings is 1. The van der Waals surface area contributed by atoms with Crippen LogP contribution >= 0.6 is 35.3 Å². The maximum atomic E-state index is 5.76. The average molecular weight is 467 g/mol. The molecule has 1 fully saturated rings. The predicted molar refractivity (Wildman–Crippen MR) is 112 cm³/mol. The van der Waals surface area contributed by atoms with Crippen molar-refractivity contribution in [3.63, 3.8) is 0 Å². The summed E-state index contributed by atoms with van der Waals surface area (Å²) >= 11 is 1.80. The van der Waals surface area contributed by atoms with Crippen LogP contribution in [0.2, 0.25) is 0 Å². The molecule has 0 radical (unpaired) electrons. The van der Waals surface area contributed by atoms with Gasteiger partial charge in [-0.2, -0.15) is 0 Å². The second-order valence-electron chi connectivity index (χ2n) is 5.74. The molecule has 5 nitrogen and oxygen atoms in total. The minimum Gasteiger partial charge on any atom is -0.381 e. The van der Waals surface area contributed by atoms with Crippen LogP contribution in [0.3, 0.4) is 0 Å². The molecule has 0 amide bonds. The first-order valence-electron chi connectivity index (χ1n) is 8.51. The van der Waals surface area contributed by atoms with E-state index in [-0.39, 0.29) is 24.0 Å². The molecule has 1 saturated heterocycles. The first-order valence-corrected chi connectivity index (χ1v) is 9.39. The molecule has 2 heterocycles. The Labute approximate surface area is 166 Å². The zero-order valence-electron chi connectivity index (χ0n) is 14.5. The first-order chi connectivity index (χ1) is 11.4. The summed E-state index contributed by atoms with van der Waals surface area (Å²) in [4.78, 5) is 5.64. The highest BCUT2D eigenvalue weighted by molar-refractivity contribution is 14.0. The topological polar surface area (TPSA) is 54.9 Å². The molecule has 2 N–H and O–H groups in total. The Balaban J connectivity index is 0.00000288. The lowest BCUT2D eigenvalue weighted by molar-refractivity contribution is 0.0203. The van der Waals surface area contributed by atoms with Gasteiger partial charge in [-0.3, -0.25) is 4.99 Å². The van der Waals surface area contributed by atoms with Crippen LogP contribution in [0.5, 0.6) is 0 Å². The van der Waals surface area contributed by atoms with E-state index in [0.29, 0.717) is 5.92 Å². The van der Waals surface area contributed by atoms with Crippen LogP contribution < -0.4 is 10.6 Å². The molecule has 0 atom stereocenters. The van der Waals surface area contributed by atoms with Crippen LogP contribution in [0.15, 0.2) is 22.5 Å². The SMILES string of the molecule is CN=C(NCCCOCC1CCOCC1)NCCc1cccs1.I. The molecule has 0 spiro atoms. The van der Waals surface area contributed by atoms with E-state index in [1.54, 1.807) is 11.3 Å². The lowest BCUT2D eigenvalue weighted by Crippen LogP contribution is -2.39. The number of ether oxygens (including phenoxy) is 2. The van der Waals surface area contributed by atoms with Crippen molar-refractivity contribution in [3.8, 4) is 0 Å². The van der Waals surface area contributed by atoms with Gasteiger partial charge in [-0.05, 0) is 43.0 Å². The van der Waals surface area contributed by atoms with E-state index in [9.17, 15) is 0 Å². The molecule has 0 aromatic carbocycles. The summed E-state index contributed by atoms with van der Waals surface area (Å²) in [5, 5.41) is 8.79. The van der Waals surface area contributed by atoms with Gasteiger partial charge in [0.05, 0.1) is 0 Å². The molecular weight excluding hydrogens is 437 g/mol. The summed E-state index contributed by atoms with van der Waals surface area (Å²) in [6.45, 7) is 5.24. The predicted octanol–water partition coefficient (Wildman–Crippen LogP) is 2.91. The van der Waals surface area contributed by atoms with E-state index in [1.165, 1.54) is 4.88 Å². The zero-order valence-corrected chi connectivity index (χ0v) is 17.6. The van der Waals surface area contributed by atoms with Crippen molar-refractivity contribution in [1.29, 1.82) is 0 Å². The van der Waals surface area contributed by atoms with Gasteiger partial charge in [-0.15, -0.1) is 35.3 Å². The number of halogens is 1. The van der Waals surface area contributed by atoms with Crippen molar-refractivity contribution in [3.05, 3.63) is 22.4 Å². The Bertz CT molecular complexity index is 437. The van der Waals surface area contributed by atoms with Gasteiger partial charge in [0.25, 0.3) is 0 Å². The van der Waals surface area contributed by atoms with Crippen LogP contribution in [0.1, 0.15) is 24.1 Å². The van der Waals surface area contributed by atoms with Crippen molar-refractivity contribution in [2.75, 3.05) is 46.6 Å². The molecule has 7 heteroatoms. The number of nitrogens with zero attached hydrogens (tertiary/aromatic N) is 1. The summed E-state index contributed by atoms with van der Waals surface area (Å²) < 4.78 is 11.1. The Morgan fingerprint density at radius 2 is 2.12 bits per heavy atom. The van der Waals surface area contributed by atoms with E-state index in [2.05, 4.69) is 33.1 Å². The standard InChI is InChI=1S/C17H29N3O2S.HI/c1-18-17(20-9-5-16-4-2-13-23-16)19-8-3-10-22-14-15-6-11-21-12-7-15;/h2,4,13,15H,3,5-12,14H2,1H3,(H2,18,19,20);1H. The molecule has 2 rings (SSSR count). The molecular formula is C17H30IN3O2S. The molecule has 24 heavy (non-hydrogen) atoms. The molecule has 0 aliphatic carbocycles. The number of nitrogens with one attached hydrogen (secondary N) is 2. The monoisotopic (exact) mass is 467 g/mol. The maximum absolute atomic E-state index is 5.76. The van der Waals surface area contributed by atoms with Gasteiger partial charge >= 0.3 is 0 Å². The van der Waals surface area contributed by atoms with Crippen LogP contribution in [0.4, 0.5) is 0 Å². The maximum Gasteiger partial charge on any atom is 0.190 e. The third-order valence-corrected chi connectivity index (χ3v) is 4.86. The molecule has 138 valence electrons. The van der Waals surface area contributed by atoms with Gasteiger partial charge in [0, 0.05) is 51.4 Å². The summed E-state index contributed by atoms with van der Waals surface area (Å²) in [6.07, 6.45) is 4.31. The fourth-order valence-corrected chi connectivity index (χ4v) is 3.23. The highest BCUT2D eigenvalue weighted by Crippen LogP contribution is 2.14. The smallest absolute Gasteiger partial charge is 0.190 e. The molecule has 0 unspecified atom stereocenters. The third kappa shape index (κ3) is 9.19. The van der Waals surface area contributed by atoms with E-state index >= 15 is 0 Å². The minimum atomic E-state index is 0. The highest BCUT2D eigenvalue weighted by atomic mass is 127. The van der Waals surface area contributed by atoms with E-state index in [4.69, 9.17) is 9.47 Å². The van der Waals surface area contributed by atoms with Crippen molar-refractivity contribution >= 4 is 41.3 Å². The van der Waals surface area contributed by atoms with Crippen LogP contribution in [0.25, 0.3) is 0 Å². The van der Waals surface area contributed by atoms with Gasteiger partial charge in [0.1, 0.15) is 0 Å². The van der Waals surface area contributed by atoms with Gasteiger partial charge < -0.3 is 20.1 Å². The highest BCUT2D eigenvalue weighted by Gasteiger charge is 2.13. The Hall–Kier alpha value is -0.380. The zero-order chi connectivity index (χ0) is 16.2. The second-order valence-corrected chi connectivity index (χ2v) is 6.77. The first kappa shape index (κ1) is 21.7. The van der Waals surface area contributed by atoms with Crippen LogP contribution in [-0.4, -0.2) is 52.5 Å². The Morgan fingerprint density at radius 3 is 2.83 bits per heavy atom. The van der Waals surface area contributed by atoms with Gasteiger partial charge in [-0.1, -0.05) is 6.07 Å². The summed E-state index contributed by atoms with van der Waals surface area (Å²) in [6, 6.07) is 4.26. The Kier molecular flexibility index (Phi) is 12.5. The van der Waals surface area contributed by atoms with Crippen LogP contribution in [0, 0.1) is 5.92 Å². The molecule has 1 aromatic rings. The number of hydrogen-bond acceptors (Lipinski definition) is 4. The normalized spacial score (nSPS) is 15.8. The average Bonchev–Trinajstić information content (AvgIpc) is 3.10. The molecule has 1 aromatic heterocycles. The Morgan fingerprint density at radius 1 is 1.33 bits per heavy atom. The van der Waals surface area contributed by atoms with E-state index in [0.717, 1.165) is 71.2 Å². The van der Waals surface area contributed by atoms with Crippen molar-refractivity contribution in [2.24, 2.45) is 10.9 Å². The minimum absolute atomic E-state index is 0. The number of guanidine groups is 1. The lowest BCUT2D eigenvalue weighted by atomic mass is 10.0. The van der Waals surface area contributed by atoms with Crippen molar-refractivity contribution in [1.82, 2.24) is 10.6 Å². The van der Waals surface area contributed by atoms with Crippen molar-refractivity contribution in [2.45, 2.75) is 25.7 Å². The van der Waals surface area contributed by atoms with Gasteiger partial charge in [-0.25, -0.2) is 0 Å². The quantitative estimate of drug-likeness (QED) is 0.254. The van der Waals surface area contributed by atoms with Crippen LogP contribution in [-0.2, 0) is 15.9 Å². The molecule has 0 saturated carbocycles. The molecule has 0 bridgehead atoms. The summed E-state index contributed by atoms with van der Waals surface area (Å²) in [5.74, 6) is 1.55. The fraction of sp³-hybridized carbons (Fsp3) is 0.706. The van der Waals surface area contributed by atoms with Crippen molar-refractivity contribution < 1.29 is 9.47 Å². The largest absolute Gasteiger partial charge is 0.381 e. The third-order valence-electron chi connectivity index (χ3n) is 3.92. The number of rotatable bonds is 9. The lowest BCUT2D eigenvalue weighted by Gasteiger charge is -2.21. The number of aliphatic imine (C=N–C) groups is 1. The van der Waals surface area contributed by atoms with E-state index < -0.39 is 0 Å². The second kappa shape index (κ2) is 13.9. The van der Waals surface area contributed by atoms with Gasteiger partial charge in [0.15, 0.2) is 5.96 Å². The summed E-state index contributed by atoms with van der Waals surface area (Å²) in [5.41, 5.74) is 0. The molecule has 1 aliphatic rings. The fourth-order valence-electron chi connectivity index (χ4n) is 2.52. The summed E-state index contributed by atoms with van der Waals surface area (Å²) in [7, 11) is 1.81. The molecule has 1 aliphatic heterocycles.